The Morgan fingerprint density at radius 1 is 0.480 bits per heavy atom. The van der Waals surface area contributed by atoms with Crippen LogP contribution in [0.2, 0.25) is 0 Å². The smallest absolute Gasteiger partial charge is 0.305 e. The Labute approximate surface area is 297 Å². The number of ether oxygens (including phenoxy) is 2. The van der Waals surface area contributed by atoms with E-state index in [0.29, 0.717) is 25.7 Å². The Kier molecular flexibility index (Phi) is 18.1. The molecule has 0 aliphatic carbocycles. The van der Waals surface area contributed by atoms with Crippen molar-refractivity contribution in [1.82, 2.24) is 0 Å². The summed E-state index contributed by atoms with van der Waals surface area (Å²) in [6, 6.07) is 23.9. The number of carbonyl (C=O) groups excluding carboxylic acids is 4. The zero-order valence-electron chi connectivity index (χ0n) is 29.9. The molecule has 0 aliphatic rings. The Balaban J connectivity index is 1.51. The maximum atomic E-state index is 12.6. The van der Waals surface area contributed by atoms with Crippen molar-refractivity contribution < 1.29 is 28.7 Å². The second-order valence-corrected chi connectivity index (χ2v) is 12.7. The normalized spacial score (nSPS) is 10.7. The quantitative estimate of drug-likeness (QED) is 0.0827. The van der Waals surface area contributed by atoms with E-state index in [1.54, 1.807) is 0 Å². The van der Waals surface area contributed by atoms with Gasteiger partial charge in [-0.1, -0.05) is 106 Å². The molecular formula is C42H54N2O6. The van der Waals surface area contributed by atoms with Gasteiger partial charge in [-0.25, -0.2) is 0 Å². The van der Waals surface area contributed by atoms with Crippen LogP contribution in [0.5, 0.6) is 0 Å². The first-order valence-corrected chi connectivity index (χ1v) is 18.0. The van der Waals surface area contributed by atoms with Gasteiger partial charge in [0.15, 0.2) is 0 Å². The van der Waals surface area contributed by atoms with Crippen molar-refractivity contribution in [3.8, 4) is 0 Å². The van der Waals surface area contributed by atoms with Gasteiger partial charge in [0.2, 0.25) is 11.8 Å². The number of methoxy groups -OCH3 is 2. The minimum Gasteiger partial charge on any atom is -0.469 e. The van der Waals surface area contributed by atoms with Crippen LogP contribution in [-0.4, -0.2) is 38.0 Å². The van der Waals surface area contributed by atoms with Crippen LogP contribution in [0.25, 0.3) is 12.2 Å². The second kappa shape index (κ2) is 22.8. The van der Waals surface area contributed by atoms with Gasteiger partial charge in [0.1, 0.15) is 0 Å². The molecule has 0 saturated carbocycles. The zero-order chi connectivity index (χ0) is 36.0. The predicted octanol–water partition coefficient (Wildman–Crippen LogP) is 7.81. The van der Waals surface area contributed by atoms with E-state index in [1.807, 2.05) is 60.7 Å². The van der Waals surface area contributed by atoms with E-state index in [9.17, 15) is 19.2 Å². The number of esters is 2. The fourth-order valence-corrected chi connectivity index (χ4v) is 5.79. The number of hydrogen-bond acceptors (Lipinski definition) is 6. The molecule has 3 rings (SSSR count). The third kappa shape index (κ3) is 15.2. The van der Waals surface area contributed by atoms with E-state index in [0.717, 1.165) is 116 Å². The highest BCUT2D eigenvalue weighted by Crippen LogP contribution is 2.24. The number of rotatable bonds is 22. The average Bonchev–Trinajstić information content (AvgIpc) is 3.12. The summed E-state index contributed by atoms with van der Waals surface area (Å²) in [4.78, 5) is 47.6. The van der Waals surface area contributed by atoms with E-state index in [4.69, 9.17) is 0 Å². The molecule has 3 aromatic rings. The highest BCUT2D eigenvalue weighted by molar-refractivity contribution is 5.92. The van der Waals surface area contributed by atoms with Crippen LogP contribution in [0.4, 0.5) is 11.4 Å². The number of unbranched alkanes of at least 4 members (excludes halogenated alkanes) is 10. The molecule has 8 nitrogen and oxygen atoms in total. The lowest BCUT2D eigenvalue weighted by molar-refractivity contribution is -0.141. The van der Waals surface area contributed by atoms with Crippen LogP contribution >= 0.6 is 0 Å². The first kappa shape index (κ1) is 39.7. The van der Waals surface area contributed by atoms with Gasteiger partial charge in [-0.05, 0) is 77.1 Å². The van der Waals surface area contributed by atoms with Gasteiger partial charge in [0, 0.05) is 37.1 Å². The van der Waals surface area contributed by atoms with Crippen molar-refractivity contribution in [2.24, 2.45) is 0 Å². The van der Waals surface area contributed by atoms with Crippen molar-refractivity contribution in [3.05, 3.63) is 94.4 Å². The molecule has 0 radical (unpaired) electrons. The number of hydrogen-bond donors (Lipinski definition) is 2. The largest absolute Gasteiger partial charge is 0.469 e. The van der Waals surface area contributed by atoms with E-state index in [2.05, 4.69) is 38.8 Å². The minimum absolute atomic E-state index is 0.00350. The van der Waals surface area contributed by atoms with Crippen LogP contribution in [0.15, 0.2) is 72.8 Å². The summed E-state index contributed by atoms with van der Waals surface area (Å²) >= 11 is 0. The number of nitrogens with one attached hydrogen (secondary N) is 2. The van der Waals surface area contributed by atoms with Crippen molar-refractivity contribution in [2.45, 2.75) is 103 Å². The van der Waals surface area contributed by atoms with Gasteiger partial charge in [0.05, 0.1) is 14.2 Å². The standard InChI is InChI=1S/C42H54N2O6/c1-32-20-22-33(23-21-32)42(34-24-28-36(29-25-34)43-38(45)16-12-8-4-6-10-14-18-40(47)49-2)35-26-30-37(31-27-35)44-39(46)17-13-9-5-7-11-15-19-41(48)50-3/h20-31H,1,4-19H2,2-3H3,(H,43,45)(H,44,46). The topological polar surface area (TPSA) is 111 Å². The maximum absolute atomic E-state index is 12.6. The number of benzene rings is 3. The number of anilines is 2. The summed E-state index contributed by atoms with van der Waals surface area (Å²) in [7, 11) is 2.83. The average molecular weight is 683 g/mol. The molecule has 0 fully saturated rings. The van der Waals surface area contributed by atoms with Crippen LogP contribution < -0.4 is 21.1 Å². The molecule has 0 aromatic heterocycles. The van der Waals surface area contributed by atoms with E-state index in [-0.39, 0.29) is 23.8 Å². The van der Waals surface area contributed by atoms with E-state index >= 15 is 0 Å². The summed E-state index contributed by atoms with van der Waals surface area (Å²) in [5, 5.41) is 8.02. The number of amides is 2. The fourth-order valence-electron chi connectivity index (χ4n) is 5.79. The zero-order valence-corrected chi connectivity index (χ0v) is 29.9. The Morgan fingerprint density at radius 3 is 1.18 bits per heavy atom. The van der Waals surface area contributed by atoms with Gasteiger partial charge >= 0.3 is 11.9 Å². The Bertz CT molecular complexity index is 1500. The molecule has 0 unspecified atom stereocenters. The molecule has 0 aliphatic heterocycles. The summed E-state index contributed by atoms with van der Waals surface area (Å²) in [5.41, 5.74) is 4.57. The maximum Gasteiger partial charge on any atom is 0.305 e. The van der Waals surface area contributed by atoms with Crippen molar-refractivity contribution in [2.75, 3.05) is 24.9 Å². The monoisotopic (exact) mass is 682 g/mol. The lowest BCUT2D eigenvalue weighted by Gasteiger charge is -2.12. The molecule has 268 valence electrons. The highest BCUT2D eigenvalue weighted by Gasteiger charge is 2.10. The van der Waals surface area contributed by atoms with Crippen LogP contribution in [0.3, 0.4) is 0 Å². The summed E-state index contributed by atoms with van der Waals surface area (Å²) < 4.78 is 9.34. The van der Waals surface area contributed by atoms with Gasteiger partial charge < -0.3 is 20.1 Å². The summed E-state index contributed by atoms with van der Waals surface area (Å²) in [6.07, 6.45) is 13.4. The SMILES string of the molecule is C=c1ccc(=C(c2ccc(NC(=O)CCCCCCCCC(=O)OC)cc2)c2ccc(NC(=O)CCCCCCCCC(=O)OC)cc2)cc1. The van der Waals surface area contributed by atoms with Gasteiger partial charge in [-0.15, -0.1) is 0 Å². The predicted molar refractivity (Wildman–Crippen MR) is 201 cm³/mol. The first-order chi connectivity index (χ1) is 24.3. The lowest BCUT2D eigenvalue weighted by Crippen LogP contribution is -2.13. The van der Waals surface area contributed by atoms with E-state index < -0.39 is 0 Å². The van der Waals surface area contributed by atoms with Crippen LogP contribution in [-0.2, 0) is 28.7 Å². The Hall–Kier alpha value is -4.72. The fraction of sp³-hybridized carbons (Fsp3) is 0.429. The van der Waals surface area contributed by atoms with Gasteiger partial charge in [-0.2, -0.15) is 0 Å². The number of carbonyl (C=O) groups is 4. The molecule has 2 amide bonds. The molecule has 0 heterocycles. The molecule has 3 aromatic carbocycles. The molecule has 0 atom stereocenters. The molecule has 0 bridgehead atoms. The third-order valence-electron chi connectivity index (χ3n) is 8.68. The highest BCUT2D eigenvalue weighted by atomic mass is 16.5. The summed E-state index contributed by atoms with van der Waals surface area (Å²) in [6.45, 7) is 4.03. The van der Waals surface area contributed by atoms with Crippen LogP contribution in [0.1, 0.15) is 114 Å². The van der Waals surface area contributed by atoms with Gasteiger partial charge in [0.25, 0.3) is 0 Å². The molecule has 8 heteroatoms. The second-order valence-electron chi connectivity index (χ2n) is 12.7. The van der Waals surface area contributed by atoms with E-state index in [1.165, 1.54) is 14.2 Å². The van der Waals surface area contributed by atoms with Crippen molar-refractivity contribution in [1.29, 1.82) is 0 Å². The molecular weight excluding hydrogens is 628 g/mol. The molecule has 0 saturated heterocycles. The Morgan fingerprint density at radius 2 is 0.820 bits per heavy atom. The minimum atomic E-state index is -0.159. The van der Waals surface area contributed by atoms with Gasteiger partial charge in [-0.3, -0.25) is 19.2 Å². The van der Waals surface area contributed by atoms with Crippen molar-refractivity contribution in [3.63, 3.8) is 0 Å². The van der Waals surface area contributed by atoms with Crippen LogP contribution in [0, 0.1) is 0 Å². The van der Waals surface area contributed by atoms with Crippen molar-refractivity contribution >= 4 is 47.3 Å². The molecule has 2 N–H and O–H groups in total. The molecule has 50 heavy (non-hydrogen) atoms. The lowest BCUT2D eigenvalue weighted by atomic mass is 9.95. The summed E-state index contributed by atoms with van der Waals surface area (Å²) in [5.74, 6) is -0.310. The first-order valence-electron chi connectivity index (χ1n) is 18.0. The molecule has 0 spiro atoms. The third-order valence-corrected chi connectivity index (χ3v) is 8.68.